The molecule has 2 saturated carbocycles. The summed E-state index contributed by atoms with van der Waals surface area (Å²) in [7, 11) is -3.43. The Morgan fingerprint density at radius 1 is 1.37 bits per heavy atom. The molecule has 1 N–H and O–H groups in total. The molecule has 0 aromatic carbocycles. The largest absolute Gasteiger partial charge is 0.391 e. The molecule has 106 valence electrons. The van der Waals surface area contributed by atoms with E-state index in [1.165, 1.54) is 11.3 Å². The Kier molecular flexibility index (Phi) is 3.77. The van der Waals surface area contributed by atoms with E-state index in [4.69, 9.17) is 5.11 Å². The lowest BCUT2D eigenvalue weighted by Gasteiger charge is -2.21. The molecule has 0 unspecified atom stereocenters. The molecule has 0 aliphatic heterocycles. The van der Waals surface area contributed by atoms with Gasteiger partial charge in [0, 0.05) is 17.5 Å². The molecule has 0 spiro atoms. The van der Waals surface area contributed by atoms with Crippen molar-refractivity contribution < 1.29 is 13.5 Å². The van der Waals surface area contributed by atoms with Crippen molar-refractivity contribution in [2.45, 2.75) is 43.2 Å². The van der Waals surface area contributed by atoms with Crippen molar-refractivity contribution in [2.24, 2.45) is 5.92 Å². The number of halogens is 1. The molecule has 0 radical (unpaired) electrons. The molecule has 0 atom stereocenters. The summed E-state index contributed by atoms with van der Waals surface area (Å²) in [6, 6.07) is 1.78. The number of nitrogens with zero attached hydrogens (tertiary/aromatic N) is 1. The molecular formula is C12H16BrNO3S2. The highest BCUT2D eigenvalue weighted by molar-refractivity contribution is 9.11. The Balaban J connectivity index is 1.91. The van der Waals surface area contributed by atoms with Gasteiger partial charge in [0.05, 0.1) is 10.4 Å². The lowest BCUT2D eigenvalue weighted by Crippen LogP contribution is -2.34. The van der Waals surface area contributed by atoms with Crippen LogP contribution in [-0.2, 0) is 16.6 Å². The highest BCUT2D eigenvalue weighted by Gasteiger charge is 2.42. The van der Waals surface area contributed by atoms with Crippen LogP contribution in [0.4, 0.5) is 0 Å². The Labute approximate surface area is 125 Å². The number of aliphatic hydroxyl groups is 1. The molecule has 0 bridgehead atoms. The second kappa shape index (κ2) is 5.11. The zero-order valence-corrected chi connectivity index (χ0v) is 13.6. The summed E-state index contributed by atoms with van der Waals surface area (Å²) >= 11 is 4.60. The van der Waals surface area contributed by atoms with Crippen LogP contribution < -0.4 is 0 Å². The second-order valence-corrected chi connectivity index (χ2v) is 9.57. The smallest absolute Gasteiger partial charge is 0.245 e. The first kappa shape index (κ1) is 14.0. The lowest BCUT2D eigenvalue weighted by atomic mass is 10.4. The van der Waals surface area contributed by atoms with Gasteiger partial charge in [0.25, 0.3) is 0 Å². The third kappa shape index (κ3) is 2.90. The first-order valence-electron chi connectivity index (χ1n) is 6.43. The predicted octanol–water partition coefficient (Wildman–Crippen LogP) is 2.57. The molecule has 0 saturated heterocycles. The van der Waals surface area contributed by atoms with E-state index in [9.17, 15) is 8.42 Å². The van der Waals surface area contributed by atoms with Gasteiger partial charge in [-0.3, -0.25) is 0 Å². The molecular weight excluding hydrogens is 350 g/mol. The zero-order chi connectivity index (χ0) is 13.6. The normalized spacial score (nSPS) is 20.2. The predicted molar refractivity (Wildman–Crippen MR) is 77.6 cm³/mol. The van der Waals surface area contributed by atoms with Crippen molar-refractivity contribution in [1.82, 2.24) is 4.31 Å². The van der Waals surface area contributed by atoms with Gasteiger partial charge in [-0.1, -0.05) is 0 Å². The maximum absolute atomic E-state index is 12.7. The van der Waals surface area contributed by atoms with E-state index in [-0.39, 0.29) is 12.6 Å². The minimum absolute atomic E-state index is 0.120. The number of hydrogen-bond donors (Lipinski definition) is 1. The molecule has 0 amide bonds. The molecule has 2 aliphatic carbocycles. The van der Waals surface area contributed by atoms with Crippen molar-refractivity contribution in [3.8, 4) is 0 Å². The summed E-state index contributed by atoms with van der Waals surface area (Å²) in [5, 5.41) is 9.14. The first-order valence-corrected chi connectivity index (χ1v) is 9.48. The summed E-state index contributed by atoms with van der Waals surface area (Å²) in [6.07, 6.45) is 4.23. The molecule has 2 aliphatic rings. The number of aliphatic hydroxyl groups excluding tert-OH is 1. The van der Waals surface area contributed by atoms with Crippen LogP contribution in [0.25, 0.3) is 0 Å². The molecule has 1 heterocycles. The van der Waals surface area contributed by atoms with Crippen LogP contribution in [0.1, 0.15) is 30.6 Å². The van der Waals surface area contributed by atoms with Crippen LogP contribution in [0.15, 0.2) is 14.7 Å². The molecule has 1 aromatic heterocycles. The van der Waals surface area contributed by atoms with Crippen molar-refractivity contribution in [2.75, 3.05) is 6.54 Å². The summed E-state index contributed by atoms with van der Waals surface area (Å²) in [4.78, 5) is 0.988. The minimum atomic E-state index is -3.43. The number of thiophene rings is 1. The van der Waals surface area contributed by atoms with Gasteiger partial charge in [0.2, 0.25) is 10.0 Å². The Morgan fingerprint density at radius 3 is 2.53 bits per heavy atom. The first-order chi connectivity index (χ1) is 9.02. The monoisotopic (exact) mass is 365 g/mol. The molecule has 7 heteroatoms. The quantitative estimate of drug-likeness (QED) is 0.842. The number of sulfonamides is 1. The summed E-state index contributed by atoms with van der Waals surface area (Å²) in [5.74, 6) is 0.546. The van der Waals surface area contributed by atoms with Crippen molar-refractivity contribution in [3.05, 3.63) is 14.7 Å². The van der Waals surface area contributed by atoms with Crippen LogP contribution >= 0.6 is 27.3 Å². The fourth-order valence-corrected chi connectivity index (χ4v) is 6.39. The summed E-state index contributed by atoms with van der Waals surface area (Å²) in [5.41, 5.74) is 0. The fourth-order valence-electron chi connectivity index (χ4n) is 2.14. The number of hydrogen-bond acceptors (Lipinski definition) is 4. The van der Waals surface area contributed by atoms with Crippen LogP contribution in [0, 0.1) is 5.92 Å². The highest BCUT2D eigenvalue weighted by Crippen LogP contribution is 2.41. The number of rotatable bonds is 6. The molecule has 3 rings (SSSR count). The third-order valence-electron chi connectivity index (χ3n) is 3.54. The van der Waals surface area contributed by atoms with Crippen molar-refractivity contribution in [1.29, 1.82) is 0 Å². The van der Waals surface area contributed by atoms with Gasteiger partial charge in [0.15, 0.2) is 0 Å². The SMILES string of the molecule is O=S(=O)(c1cc(CO)sc1Br)N(CC1CC1)C1CC1. The van der Waals surface area contributed by atoms with Gasteiger partial charge in [-0.05, 0) is 53.6 Å². The second-order valence-electron chi connectivity index (χ2n) is 5.26. The van der Waals surface area contributed by atoms with E-state index in [0.717, 1.165) is 25.7 Å². The van der Waals surface area contributed by atoms with E-state index in [1.807, 2.05) is 0 Å². The summed E-state index contributed by atoms with van der Waals surface area (Å²) in [6.45, 7) is 0.536. The van der Waals surface area contributed by atoms with E-state index in [0.29, 0.717) is 26.0 Å². The van der Waals surface area contributed by atoms with Gasteiger partial charge in [-0.15, -0.1) is 11.3 Å². The van der Waals surface area contributed by atoms with Crippen molar-refractivity contribution in [3.63, 3.8) is 0 Å². The molecule has 19 heavy (non-hydrogen) atoms. The van der Waals surface area contributed by atoms with E-state index >= 15 is 0 Å². The van der Waals surface area contributed by atoms with E-state index in [1.54, 1.807) is 10.4 Å². The van der Waals surface area contributed by atoms with Crippen LogP contribution in [0.5, 0.6) is 0 Å². The van der Waals surface area contributed by atoms with Crippen LogP contribution in [0.3, 0.4) is 0 Å². The Morgan fingerprint density at radius 2 is 2.05 bits per heavy atom. The lowest BCUT2D eigenvalue weighted by molar-refractivity contribution is 0.285. The summed E-state index contributed by atoms with van der Waals surface area (Å²) < 4.78 is 27.8. The third-order valence-corrected chi connectivity index (χ3v) is 7.69. The van der Waals surface area contributed by atoms with E-state index in [2.05, 4.69) is 15.9 Å². The highest BCUT2D eigenvalue weighted by atomic mass is 79.9. The molecule has 1 aromatic rings. The standard InChI is InChI=1S/C12H16BrNO3S2/c13-12-11(5-10(7-15)18-12)19(16,17)14(9-3-4-9)6-8-1-2-8/h5,8-9,15H,1-4,6-7H2. The minimum Gasteiger partial charge on any atom is -0.391 e. The zero-order valence-electron chi connectivity index (χ0n) is 10.4. The molecule has 4 nitrogen and oxygen atoms in total. The van der Waals surface area contributed by atoms with Gasteiger partial charge in [-0.2, -0.15) is 4.31 Å². The maximum atomic E-state index is 12.7. The van der Waals surface area contributed by atoms with Gasteiger partial charge in [0.1, 0.15) is 4.90 Å². The van der Waals surface area contributed by atoms with Crippen LogP contribution in [0.2, 0.25) is 0 Å². The van der Waals surface area contributed by atoms with Gasteiger partial charge < -0.3 is 5.11 Å². The average Bonchev–Trinajstić information content (AvgIpc) is 3.24. The van der Waals surface area contributed by atoms with E-state index < -0.39 is 10.0 Å². The Bertz CT molecular complexity index is 576. The Hall–Kier alpha value is 0.0500. The van der Waals surface area contributed by atoms with Crippen molar-refractivity contribution >= 4 is 37.3 Å². The van der Waals surface area contributed by atoms with Gasteiger partial charge in [-0.25, -0.2) is 8.42 Å². The molecule has 2 fully saturated rings. The van der Waals surface area contributed by atoms with Crippen LogP contribution in [-0.4, -0.2) is 30.4 Å². The van der Waals surface area contributed by atoms with Gasteiger partial charge >= 0.3 is 0 Å². The topological polar surface area (TPSA) is 57.6 Å². The fraction of sp³-hybridized carbons (Fsp3) is 0.667. The maximum Gasteiger partial charge on any atom is 0.245 e. The average molecular weight is 366 g/mol.